The molecular formula is C7H5. The second-order valence-corrected chi connectivity index (χ2v) is 1.49. The van der Waals surface area contributed by atoms with Crippen molar-refractivity contribution in [2.45, 2.75) is 6.42 Å². The molecule has 0 nitrogen and oxygen atoms in total. The maximum atomic E-state index is 4.87. The molecule has 1 rings (SSSR count). The Bertz CT molecular complexity index is 145. The van der Waals surface area contributed by atoms with Crippen molar-refractivity contribution in [3.63, 3.8) is 0 Å². The zero-order valence-electron chi connectivity index (χ0n) is 3.94. The molecule has 0 spiro atoms. The highest BCUT2D eigenvalue weighted by Crippen LogP contribution is 2.25. The van der Waals surface area contributed by atoms with Crippen LogP contribution in [0, 0.1) is 36.5 Å². The van der Waals surface area contributed by atoms with Crippen LogP contribution in [-0.4, -0.2) is 0 Å². The summed E-state index contributed by atoms with van der Waals surface area (Å²) in [7, 11) is 0. The fourth-order valence-electron chi connectivity index (χ4n) is 0.320. The maximum absolute atomic E-state index is 4.87. The molecule has 1 saturated carbocycles. The van der Waals surface area contributed by atoms with Crippen LogP contribution in [0.2, 0.25) is 0 Å². The van der Waals surface area contributed by atoms with Crippen molar-refractivity contribution in [1.82, 2.24) is 0 Å². The smallest absolute Gasteiger partial charge is 0.0248 e. The first kappa shape index (κ1) is 4.28. The lowest BCUT2D eigenvalue weighted by molar-refractivity contribution is 1.22. The average molecular weight is 89.1 g/mol. The van der Waals surface area contributed by atoms with Crippen LogP contribution < -0.4 is 0 Å². The fourth-order valence-corrected chi connectivity index (χ4v) is 0.320. The van der Waals surface area contributed by atoms with Crippen LogP contribution in [0.3, 0.4) is 0 Å². The molecule has 1 aliphatic rings. The molecule has 33 valence electrons. The molecule has 0 aromatic carbocycles. The molecular weight excluding hydrogens is 84.1 g/mol. The molecule has 1 fully saturated rings. The van der Waals surface area contributed by atoms with E-state index in [4.69, 9.17) is 6.42 Å². The minimum Gasteiger partial charge on any atom is -0.106 e. The highest BCUT2D eigenvalue weighted by molar-refractivity contribution is 5.28. The van der Waals surface area contributed by atoms with Gasteiger partial charge in [0.1, 0.15) is 0 Å². The van der Waals surface area contributed by atoms with Crippen LogP contribution >= 0.6 is 0 Å². The Kier molecular flexibility index (Phi) is 1.05. The van der Waals surface area contributed by atoms with Crippen molar-refractivity contribution < 1.29 is 0 Å². The van der Waals surface area contributed by atoms with E-state index in [-0.39, 0.29) is 0 Å². The molecule has 0 bridgehead atoms. The van der Waals surface area contributed by atoms with Gasteiger partial charge in [0, 0.05) is 5.92 Å². The number of hydrogen-bond donors (Lipinski definition) is 0. The van der Waals surface area contributed by atoms with Gasteiger partial charge in [-0.05, 0) is 24.7 Å². The molecule has 0 aromatic rings. The van der Waals surface area contributed by atoms with Crippen LogP contribution in [0.25, 0.3) is 0 Å². The van der Waals surface area contributed by atoms with Gasteiger partial charge in [0.2, 0.25) is 0 Å². The van der Waals surface area contributed by atoms with E-state index in [0.29, 0.717) is 5.92 Å². The van der Waals surface area contributed by atoms with Crippen molar-refractivity contribution in [3.8, 4) is 24.2 Å². The average Bonchev–Trinajstić information content (AvgIpc) is 2.42. The van der Waals surface area contributed by atoms with E-state index >= 15 is 0 Å². The van der Waals surface area contributed by atoms with Crippen molar-refractivity contribution in [3.05, 3.63) is 6.42 Å². The lowest BCUT2D eigenvalue weighted by Gasteiger charge is -1.62. The van der Waals surface area contributed by atoms with Gasteiger partial charge >= 0.3 is 0 Å². The largest absolute Gasteiger partial charge is 0.106 e. The quantitative estimate of drug-likeness (QED) is 0.386. The third-order valence-corrected chi connectivity index (χ3v) is 0.801. The molecule has 7 heavy (non-hydrogen) atoms. The van der Waals surface area contributed by atoms with Crippen LogP contribution in [0.1, 0.15) is 6.42 Å². The molecule has 0 aromatic heterocycles. The lowest BCUT2D eigenvalue weighted by Crippen LogP contribution is -1.58. The second-order valence-electron chi connectivity index (χ2n) is 1.49. The first-order valence-corrected chi connectivity index (χ1v) is 2.23. The van der Waals surface area contributed by atoms with E-state index in [1.165, 1.54) is 0 Å². The third kappa shape index (κ3) is 1.33. The normalized spacial score (nSPS) is 16.4. The van der Waals surface area contributed by atoms with Gasteiger partial charge in [0.15, 0.2) is 0 Å². The summed E-state index contributed by atoms with van der Waals surface area (Å²) in [6.45, 7) is 0. The summed E-state index contributed by atoms with van der Waals surface area (Å²) >= 11 is 0. The predicted molar refractivity (Wildman–Crippen MR) is 29.0 cm³/mol. The summed E-state index contributed by atoms with van der Waals surface area (Å²) in [5.41, 5.74) is 0. The molecule has 0 amide bonds. The summed E-state index contributed by atoms with van der Waals surface area (Å²) in [5, 5.41) is 0. The molecule has 0 saturated heterocycles. The van der Waals surface area contributed by atoms with Gasteiger partial charge in [-0.1, -0.05) is 5.92 Å². The van der Waals surface area contributed by atoms with Gasteiger partial charge < -0.3 is 0 Å². The topological polar surface area (TPSA) is 0 Å². The first-order chi connectivity index (χ1) is 3.43. The van der Waals surface area contributed by atoms with Crippen LogP contribution in [0.5, 0.6) is 0 Å². The SMILES string of the molecule is C#CC#CC1[CH]C1. The summed E-state index contributed by atoms with van der Waals surface area (Å²) in [6.07, 6.45) is 8.13. The van der Waals surface area contributed by atoms with E-state index < -0.39 is 0 Å². The van der Waals surface area contributed by atoms with Crippen molar-refractivity contribution in [1.29, 1.82) is 0 Å². The molecule has 1 atom stereocenters. The van der Waals surface area contributed by atoms with Gasteiger partial charge in [0.25, 0.3) is 0 Å². The lowest BCUT2D eigenvalue weighted by atomic mass is 10.4. The van der Waals surface area contributed by atoms with Crippen LogP contribution in [-0.2, 0) is 0 Å². The molecule has 0 aliphatic heterocycles. The Morgan fingerprint density at radius 1 is 1.71 bits per heavy atom. The summed E-state index contributed by atoms with van der Waals surface area (Å²) in [5.74, 6) is 8.20. The fraction of sp³-hybridized carbons (Fsp3) is 0.286. The maximum Gasteiger partial charge on any atom is 0.0248 e. The van der Waals surface area contributed by atoms with Crippen LogP contribution in [0.4, 0.5) is 0 Å². The summed E-state index contributed by atoms with van der Waals surface area (Å²) < 4.78 is 0. The van der Waals surface area contributed by atoms with E-state index in [2.05, 4.69) is 24.2 Å². The van der Waals surface area contributed by atoms with Gasteiger partial charge in [-0.15, -0.1) is 6.42 Å². The van der Waals surface area contributed by atoms with Crippen LogP contribution in [0.15, 0.2) is 0 Å². The standard InChI is InChI=1S/C7H5/c1-2-3-4-7-5-6-7/h1,5,7H,6H2. The summed E-state index contributed by atoms with van der Waals surface area (Å²) in [4.78, 5) is 0. The Morgan fingerprint density at radius 3 is 2.86 bits per heavy atom. The molecule has 0 heterocycles. The zero-order valence-corrected chi connectivity index (χ0v) is 3.94. The highest BCUT2D eigenvalue weighted by Gasteiger charge is 2.17. The number of terminal acetylenes is 1. The minimum atomic E-state index is 0.524. The zero-order chi connectivity index (χ0) is 5.11. The van der Waals surface area contributed by atoms with E-state index in [1.807, 2.05) is 0 Å². The molecule has 0 heteroatoms. The van der Waals surface area contributed by atoms with Crippen molar-refractivity contribution in [2.75, 3.05) is 0 Å². The molecule has 1 unspecified atom stereocenters. The van der Waals surface area contributed by atoms with Gasteiger partial charge in [-0.3, -0.25) is 0 Å². The van der Waals surface area contributed by atoms with Crippen molar-refractivity contribution >= 4 is 0 Å². The molecule has 1 aliphatic carbocycles. The van der Waals surface area contributed by atoms with Gasteiger partial charge in [-0.25, -0.2) is 0 Å². The van der Waals surface area contributed by atoms with Crippen molar-refractivity contribution in [2.24, 2.45) is 5.92 Å². The molecule has 1 radical (unpaired) electrons. The van der Waals surface area contributed by atoms with E-state index in [1.54, 1.807) is 0 Å². The Labute approximate surface area is 43.9 Å². The Balaban J connectivity index is 2.33. The van der Waals surface area contributed by atoms with E-state index in [0.717, 1.165) is 6.42 Å². The Morgan fingerprint density at radius 2 is 2.43 bits per heavy atom. The van der Waals surface area contributed by atoms with E-state index in [9.17, 15) is 0 Å². The van der Waals surface area contributed by atoms with Gasteiger partial charge in [-0.2, -0.15) is 0 Å². The number of hydrogen-bond acceptors (Lipinski definition) is 0. The minimum absolute atomic E-state index is 0.524. The third-order valence-electron chi connectivity index (χ3n) is 0.801. The van der Waals surface area contributed by atoms with Gasteiger partial charge in [0.05, 0.1) is 0 Å². The Hall–Kier alpha value is -0.880. The second kappa shape index (κ2) is 1.71. The predicted octanol–water partition coefficient (Wildman–Crippen LogP) is 0.847. The number of rotatable bonds is 0. The molecule has 0 N–H and O–H groups in total. The highest BCUT2D eigenvalue weighted by atomic mass is 14.2. The monoisotopic (exact) mass is 89.0 g/mol. The summed E-state index contributed by atoms with van der Waals surface area (Å²) in [6, 6.07) is 0. The first-order valence-electron chi connectivity index (χ1n) is 2.23.